The molecular weight excluding hydrogens is 253 g/mol. The fourth-order valence-electron chi connectivity index (χ4n) is 1.76. The van der Waals surface area contributed by atoms with Gasteiger partial charge >= 0.3 is 6.18 Å². The number of halogens is 3. The van der Waals surface area contributed by atoms with E-state index in [1.807, 2.05) is 18.7 Å². The van der Waals surface area contributed by atoms with Gasteiger partial charge in [-0.1, -0.05) is 0 Å². The summed E-state index contributed by atoms with van der Waals surface area (Å²) in [4.78, 5) is 5.39. The van der Waals surface area contributed by atoms with Crippen molar-refractivity contribution < 1.29 is 13.2 Å². The predicted molar refractivity (Wildman–Crippen MR) is 59.2 cm³/mol. The maximum absolute atomic E-state index is 12.4. The molecule has 1 fully saturated rings. The molecule has 2 heterocycles. The molecular formula is C9H13F3N4S. The van der Waals surface area contributed by atoms with E-state index in [4.69, 9.17) is 0 Å². The molecule has 1 N–H and O–H groups in total. The molecule has 96 valence electrons. The van der Waals surface area contributed by atoms with Gasteiger partial charge in [0.2, 0.25) is 11.0 Å². The van der Waals surface area contributed by atoms with Crippen LogP contribution in [0.4, 0.5) is 18.3 Å². The second-order valence-electron chi connectivity index (χ2n) is 4.63. The molecule has 1 aromatic rings. The van der Waals surface area contributed by atoms with E-state index in [0.717, 1.165) is 18.1 Å². The van der Waals surface area contributed by atoms with E-state index in [1.165, 1.54) is 0 Å². The van der Waals surface area contributed by atoms with Crippen LogP contribution in [0, 0.1) is 0 Å². The maximum atomic E-state index is 12.4. The smallest absolute Gasteiger partial charge is 0.344 e. The SMILES string of the molecule is CC1(C)CN(c2nc(C(F)(F)F)ns2)CCN1. The summed E-state index contributed by atoms with van der Waals surface area (Å²) in [5, 5.41) is 3.63. The van der Waals surface area contributed by atoms with Gasteiger partial charge in [-0.15, -0.1) is 0 Å². The van der Waals surface area contributed by atoms with Crippen molar-refractivity contribution in [2.24, 2.45) is 0 Å². The Bertz CT molecular complexity index is 401. The molecule has 1 aliphatic heterocycles. The third-order valence-electron chi connectivity index (χ3n) is 2.51. The van der Waals surface area contributed by atoms with Crippen molar-refractivity contribution in [2.75, 3.05) is 24.5 Å². The summed E-state index contributed by atoms with van der Waals surface area (Å²) in [6, 6.07) is 0. The Morgan fingerprint density at radius 3 is 2.65 bits per heavy atom. The van der Waals surface area contributed by atoms with Crippen LogP contribution >= 0.6 is 11.5 Å². The third kappa shape index (κ3) is 2.86. The number of hydrogen-bond acceptors (Lipinski definition) is 5. The molecule has 0 amide bonds. The van der Waals surface area contributed by atoms with Gasteiger partial charge in [0.05, 0.1) is 0 Å². The van der Waals surface area contributed by atoms with Crippen LogP contribution in [0.2, 0.25) is 0 Å². The second kappa shape index (κ2) is 4.09. The third-order valence-corrected chi connectivity index (χ3v) is 3.29. The van der Waals surface area contributed by atoms with Gasteiger partial charge in [0.25, 0.3) is 0 Å². The molecule has 0 spiro atoms. The molecule has 1 aromatic heterocycles. The highest BCUT2D eigenvalue weighted by molar-refractivity contribution is 7.09. The minimum absolute atomic E-state index is 0.123. The number of nitrogens with zero attached hydrogens (tertiary/aromatic N) is 3. The van der Waals surface area contributed by atoms with Crippen LogP contribution < -0.4 is 10.2 Å². The topological polar surface area (TPSA) is 41.1 Å². The van der Waals surface area contributed by atoms with E-state index in [2.05, 4.69) is 14.7 Å². The Balaban J connectivity index is 2.15. The van der Waals surface area contributed by atoms with Crippen LogP contribution in [0.5, 0.6) is 0 Å². The predicted octanol–water partition coefficient (Wildman–Crippen LogP) is 1.75. The van der Waals surface area contributed by atoms with Crippen molar-refractivity contribution in [3.05, 3.63) is 5.82 Å². The number of rotatable bonds is 1. The highest BCUT2D eigenvalue weighted by atomic mass is 32.1. The molecule has 0 aromatic carbocycles. The van der Waals surface area contributed by atoms with E-state index in [1.54, 1.807) is 0 Å². The first kappa shape index (κ1) is 12.6. The number of anilines is 1. The van der Waals surface area contributed by atoms with Crippen LogP contribution in [0.15, 0.2) is 0 Å². The zero-order valence-electron chi connectivity index (χ0n) is 9.51. The van der Waals surface area contributed by atoms with Crippen molar-refractivity contribution in [3.8, 4) is 0 Å². The van der Waals surface area contributed by atoms with Crippen molar-refractivity contribution >= 4 is 16.7 Å². The number of hydrogen-bond donors (Lipinski definition) is 1. The van der Waals surface area contributed by atoms with E-state index in [-0.39, 0.29) is 5.54 Å². The lowest BCUT2D eigenvalue weighted by Crippen LogP contribution is -2.57. The van der Waals surface area contributed by atoms with Gasteiger partial charge in [-0.2, -0.15) is 22.5 Å². The fraction of sp³-hybridized carbons (Fsp3) is 0.778. The Kier molecular flexibility index (Phi) is 3.03. The molecule has 0 radical (unpaired) electrons. The van der Waals surface area contributed by atoms with Crippen LogP contribution in [0.3, 0.4) is 0 Å². The molecule has 0 saturated carbocycles. The average Bonchev–Trinajstić information content (AvgIpc) is 2.63. The van der Waals surface area contributed by atoms with E-state index in [9.17, 15) is 13.2 Å². The Morgan fingerprint density at radius 1 is 1.41 bits per heavy atom. The zero-order chi connectivity index (χ0) is 12.7. The van der Waals surface area contributed by atoms with Gasteiger partial charge in [0.15, 0.2) is 0 Å². The highest BCUT2D eigenvalue weighted by Gasteiger charge is 2.37. The standard InChI is InChI=1S/C9H13F3N4S/c1-8(2)5-16(4-3-13-8)7-14-6(15-17-7)9(10,11)12/h13H,3-5H2,1-2H3. The van der Waals surface area contributed by atoms with Crippen molar-refractivity contribution in [3.63, 3.8) is 0 Å². The lowest BCUT2D eigenvalue weighted by atomic mass is 10.0. The van der Waals surface area contributed by atoms with Crippen molar-refractivity contribution in [1.82, 2.24) is 14.7 Å². The summed E-state index contributed by atoms with van der Waals surface area (Å²) < 4.78 is 40.5. The number of nitrogens with one attached hydrogen (secondary N) is 1. The van der Waals surface area contributed by atoms with Gasteiger partial charge in [-0.05, 0) is 13.8 Å². The van der Waals surface area contributed by atoms with Gasteiger partial charge in [-0.25, -0.2) is 0 Å². The molecule has 2 rings (SSSR count). The zero-order valence-corrected chi connectivity index (χ0v) is 10.3. The molecule has 0 atom stereocenters. The van der Waals surface area contributed by atoms with Gasteiger partial charge in [-0.3, -0.25) is 0 Å². The van der Waals surface area contributed by atoms with Crippen LogP contribution in [0.25, 0.3) is 0 Å². The van der Waals surface area contributed by atoms with Gasteiger partial charge in [0.1, 0.15) is 0 Å². The Hall–Kier alpha value is -0.890. The Labute approximate surface area is 101 Å². The summed E-state index contributed by atoms with van der Waals surface area (Å²) in [5.41, 5.74) is -0.123. The fourth-order valence-corrected chi connectivity index (χ4v) is 2.47. The molecule has 0 unspecified atom stereocenters. The van der Waals surface area contributed by atoms with E-state index in [0.29, 0.717) is 18.2 Å². The average molecular weight is 266 g/mol. The normalized spacial score (nSPS) is 20.6. The molecule has 4 nitrogen and oxygen atoms in total. The Morgan fingerprint density at radius 2 is 2.12 bits per heavy atom. The molecule has 0 bridgehead atoms. The second-order valence-corrected chi connectivity index (χ2v) is 5.36. The molecule has 8 heteroatoms. The summed E-state index contributed by atoms with van der Waals surface area (Å²) in [6.45, 7) is 6.01. The van der Waals surface area contributed by atoms with Crippen LogP contribution in [-0.4, -0.2) is 34.5 Å². The quantitative estimate of drug-likeness (QED) is 0.840. The van der Waals surface area contributed by atoms with E-state index >= 15 is 0 Å². The molecule has 17 heavy (non-hydrogen) atoms. The van der Waals surface area contributed by atoms with E-state index < -0.39 is 12.0 Å². The minimum atomic E-state index is -4.46. The first-order valence-electron chi connectivity index (χ1n) is 5.19. The minimum Gasteiger partial charge on any atom is -0.344 e. The molecule has 1 aliphatic rings. The summed E-state index contributed by atoms with van der Waals surface area (Å²) in [5.74, 6) is -1.05. The maximum Gasteiger partial charge on any atom is 0.452 e. The van der Waals surface area contributed by atoms with Gasteiger partial charge < -0.3 is 10.2 Å². The number of aromatic nitrogens is 2. The first-order valence-corrected chi connectivity index (χ1v) is 5.96. The lowest BCUT2D eigenvalue weighted by Gasteiger charge is -2.38. The molecule has 1 saturated heterocycles. The molecule has 0 aliphatic carbocycles. The summed E-state index contributed by atoms with van der Waals surface area (Å²) >= 11 is 0.801. The van der Waals surface area contributed by atoms with Crippen molar-refractivity contribution in [2.45, 2.75) is 25.6 Å². The largest absolute Gasteiger partial charge is 0.452 e. The van der Waals surface area contributed by atoms with Crippen molar-refractivity contribution in [1.29, 1.82) is 0 Å². The summed E-state index contributed by atoms with van der Waals surface area (Å²) in [6.07, 6.45) is -4.46. The monoisotopic (exact) mass is 266 g/mol. The first-order chi connectivity index (χ1) is 7.78. The highest BCUT2D eigenvalue weighted by Crippen LogP contribution is 2.31. The lowest BCUT2D eigenvalue weighted by molar-refractivity contribution is -0.144. The number of piperazine rings is 1. The number of alkyl halides is 3. The summed E-state index contributed by atoms with van der Waals surface area (Å²) in [7, 11) is 0. The van der Waals surface area contributed by atoms with Crippen LogP contribution in [-0.2, 0) is 6.18 Å². The van der Waals surface area contributed by atoms with Crippen LogP contribution in [0.1, 0.15) is 19.7 Å². The van der Waals surface area contributed by atoms with Gasteiger partial charge in [0, 0.05) is 36.7 Å².